The number of pyridine rings is 1. The highest BCUT2D eigenvalue weighted by molar-refractivity contribution is 6.32. The molecule has 1 aromatic carbocycles. The van der Waals surface area contributed by atoms with Gasteiger partial charge in [0.15, 0.2) is 6.04 Å². The van der Waals surface area contributed by atoms with Gasteiger partial charge >= 0.3 is 0 Å². The SMILES string of the molecule is COc1cc(Cl)c(C)cc1N1C(=O)C[C@@H]([NH+]2CCN(c3cccc[nH+]3)CC2)C1=O. The molecule has 29 heavy (non-hydrogen) atoms. The van der Waals surface area contributed by atoms with Gasteiger partial charge in [0.25, 0.3) is 11.7 Å². The van der Waals surface area contributed by atoms with Crippen LogP contribution in [-0.4, -0.2) is 51.1 Å². The molecule has 3 heterocycles. The molecule has 0 aliphatic carbocycles. The maximum absolute atomic E-state index is 13.2. The maximum Gasteiger partial charge on any atom is 0.292 e. The molecular formula is C21H25ClN4O3+2. The van der Waals surface area contributed by atoms with E-state index < -0.39 is 0 Å². The number of rotatable bonds is 4. The molecule has 1 atom stereocenters. The molecule has 0 unspecified atom stereocenters. The van der Waals surface area contributed by atoms with Gasteiger partial charge in [-0.1, -0.05) is 17.7 Å². The number of carbonyl (C=O) groups excluding carboxylic acids is 2. The Kier molecular flexibility index (Phi) is 5.43. The normalized spacial score (nSPS) is 20.4. The van der Waals surface area contributed by atoms with E-state index in [9.17, 15) is 9.59 Å². The Bertz CT molecular complexity index is 929. The Labute approximate surface area is 174 Å². The minimum absolute atomic E-state index is 0.162. The molecule has 2 fully saturated rings. The number of aromatic nitrogens is 1. The van der Waals surface area contributed by atoms with Gasteiger partial charge in [-0.05, 0) is 24.6 Å². The van der Waals surface area contributed by atoms with Crippen molar-refractivity contribution in [1.82, 2.24) is 0 Å². The van der Waals surface area contributed by atoms with Crippen molar-refractivity contribution in [2.75, 3.05) is 43.1 Å². The van der Waals surface area contributed by atoms with Gasteiger partial charge < -0.3 is 9.64 Å². The van der Waals surface area contributed by atoms with E-state index in [1.807, 2.05) is 31.3 Å². The van der Waals surface area contributed by atoms with Crippen LogP contribution in [0.4, 0.5) is 11.5 Å². The number of anilines is 2. The quantitative estimate of drug-likeness (QED) is 0.737. The Morgan fingerprint density at radius 3 is 2.62 bits per heavy atom. The lowest BCUT2D eigenvalue weighted by Gasteiger charge is -2.31. The van der Waals surface area contributed by atoms with Gasteiger partial charge in [-0.25, -0.2) is 9.88 Å². The molecule has 0 spiro atoms. The van der Waals surface area contributed by atoms with Gasteiger partial charge in [0.2, 0.25) is 5.91 Å². The van der Waals surface area contributed by atoms with E-state index in [-0.39, 0.29) is 24.3 Å². The number of nitrogens with one attached hydrogen (secondary N) is 2. The van der Waals surface area contributed by atoms with E-state index in [2.05, 4.69) is 9.88 Å². The number of carbonyl (C=O) groups is 2. The van der Waals surface area contributed by atoms with E-state index in [4.69, 9.17) is 16.3 Å². The van der Waals surface area contributed by atoms with E-state index in [0.717, 1.165) is 42.5 Å². The molecular weight excluding hydrogens is 392 g/mol. The van der Waals surface area contributed by atoms with Gasteiger partial charge in [-0.2, -0.15) is 0 Å². The van der Waals surface area contributed by atoms with E-state index in [1.165, 1.54) is 12.0 Å². The molecule has 2 amide bonds. The van der Waals surface area contributed by atoms with Crippen LogP contribution in [0.25, 0.3) is 0 Å². The lowest BCUT2D eigenvalue weighted by atomic mass is 10.1. The number of quaternary nitrogens is 1. The Morgan fingerprint density at radius 2 is 1.97 bits per heavy atom. The van der Waals surface area contributed by atoms with Crippen LogP contribution < -0.4 is 24.4 Å². The standard InChI is InChI=1S/C21H23ClN4O3/c1-14-11-16(18(29-2)12-15(14)22)26-20(27)13-17(21(26)28)24-7-9-25(10-8-24)19-5-3-4-6-23-19/h3-6,11-12,17H,7-10,13H2,1-2H3/p+2/t17-/m1/s1. The second-order valence-electron chi connectivity index (χ2n) is 7.49. The smallest absolute Gasteiger partial charge is 0.292 e. The first-order chi connectivity index (χ1) is 14.0. The second-order valence-corrected chi connectivity index (χ2v) is 7.90. The summed E-state index contributed by atoms with van der Waals surface area (Å²) in [6, 6.07) is 9.05. The van der Waals surface area contributed by atoms with E-state index in [0.29, 0.717) is 16.5 Å². The number of halogens is 1. The van der Waals surface area contributed by atoms with Crippen molar-refractivity contribution in [2.45, 2.75) is 19.4 Å². The highest BCUT2D eigenvalue weighted by Gasteiger charge is 2.48. The zero-order valence-electron chi connectivity index (χ0n) is 16.6. The summed E-state index contributed by atoms with van der Waals surface area (Å²) in [6.07, 6.45) is 2.13. The number of ether oxygens (including phenoxy) is 1. The first-order valence-electron chi connectivity index (χ1n) is 9.76. The molecule has 0 bridgehead atoms. The topological polar surface area (TPSA) is 68.4 Å². The third kappa shape index (κ3) is 3.68. The maximum atomic E-state index is 13.2. The number of piperazine rings is 1. The molecule has 0 saturated carbocycles. The summed E-state index contributed by atoms with van der Waals surface area (Å²) < 4.78 is 5.39. The number of aromatic amines is 1. The summed E-state index contributed by atoms with van der Waals surface area (Å²) in [7, 11) is 1.51. The van der Waals surface area contributed by atoms with Crippen molar-refractivity contribution in [3.05, 3.63) is 47.1 Å². The average Bonchev–Trinajstić information content (AvgIpc) is 3.04. The van der Waals surface area contributed by atoms with Gasteiger partial charge in [0.05, 0.1) is 25.4 Å². The van der Waals surface area contributed by atoms with Crippen LogP contribution in [-0.2, 0) is 9.59 Å². The number of hydrogen-bond acceptors (Lipinski definition) is 4. The lowest BCUT2D eigenvalue weighted by Crippen LogP contribution is -3.19. The average molecular weight is 417 g/mol. The third-order valence-electron chi connectivity index (χ3n) is 5.78. The zero-order chi connectivity index (χ0) is 20.5. The van der Waals surface area contributed by atoms with Crippen LogP contribution in [0.1, 0.15) is 12.0 Å². The fourth-order valence-corrected chi connectivity index (χ4v) is 4.31. The molecule has 2 saturated heterocycles. The number of aryl methyl sites for hydroxylation is 1. The molecule has 2 aliphatic heterocycles. The fraction of sp³-hybridized carbons (Fsp3) is 0.381. The fourth-order valence-electron chi connectivity index (χ4n) is 4.15. The molecule has 152 valence electrons. The highest BCUT2D eigenvalue weighted by atomic mass is 35.5. The summed E-state index contributed by atoms with van der Waals surface area (Å²) in [5.74, 6) is 1.15. The first-order valence-corrected chi connectivity index (χ1v) is 10.1. The third-order valence-corrected chi connectivity index (χ3v) is 6.19. The number of nitrogens with zero attached hydrogens (tertiary/aromatic N) is 2. The van der Waals surface area contributed by atoms with Gasteiger partial charge in [-0.15, -0.1) is 0 Å². The van der Waals surface area contributed by atoms with Crippen LogP contribution in [0, 0.1) is 6.92 Å². The van der Waals surface area contributed by atoms with Crippen LogP contribution in [0.5, 0.6) is 5.75 Å². The molecule has 2 aliphatic rings. The predicted molar refractivity (Wildman–Crippen MR) is 110 cm³/mol. The van der Waals surface area contributed by atoms with Crippen LogP contribution in [0.15, 0.2) is 36.5 Å². The van der Waals surface area contributed by atoms with Crippen molar-refractivity contribution in [3.63, 3.8) is 0 Å². The summed E-state index contributed by atoms with van der Waals surface area (Å²) >= 11 is 6.18. The molecule has 2 N–H and O–H groups in total. The molecule has 8 heteroatoms. The number of methoxy groups -OCH3 is 1. The monoisotopic (exact) mass is 416 g/mol. The van der Waals surface area contributed by atoms with Crippen molar-refractivity contribution in [2.24, 2.45) is 0 Å². The minimum atomic E-state index is -0.356. The van der Waals surface area contributed by atoms with Crippen LogP contribution in [0.2, 0.25) is 5.02 Å². The van der Waals surface area contributed by atoms with Crippen molar-refractivity contribution >= 4 is 34.9 Å². The van der Waals surface area contributed by atoms with Crippen molar-refractivity contribution in [3.8, 4) is 5.75 Å². The van der Waals surface area contributed by atoms with E-state index in [1.54, 1.807) is 12.1 Å². The zero-order valence-corrected chi connectivity index (χ0v) is 17.3. The largest absolute Gasteiger partial charge is 0.495 e. The van der Waals surface area contributed by atoms with Crippen LogP contribution >= 0.6 is 11.6 Å². The second kappa shape index (κ2) is 8.00. The van der Waals surface area contributed by atoms with Gasteiger partial charge in [0, 0.05) is 17.2 Å². The number of hydrogen-bond donors (Lipinski definition) is 1. The minimum Gasteiger partial charge on any atom is -0.495 e. The Balaban J connectivity index is 1.50. The van der Waals surface area contributed by atoms with Gasteiger partial charge in [-0.3, -0.25) is 14.5 Å². The number of H-pyrrole nitrogens is 1. The van der Waals surface area contributed by atoms with Crippen LogP contribution in [0.3, 0.4) is 0 Å². The molecule has 0 radical (unpaired) electrons. The van der Waals surface area contributed by atoms with Crippen molar-refractivity contribution < 1.29 is 24.2 Å². The summed E-state index contributed by atoms with van der Waals surface area (Å²) in [4.78, 5) is 33.9. The molecule has 2 aromatic rings. The highest BCUT2D eigenvalue weighted by Crippen LogP contribution is 2.36. The number of imide groups is 1. The van der Waals surface area contributed by atoms with Crippen molar-refractivity contribution in [1.29, 1.82) is 0 Å². The summed E-state index contributed by atoms with van der Waals surface area (Å²) in [6.45, 7) is 5.11. The lowest BCUT2D eigenvalue weighted by molar-refractivity contribution is -0.915. The molecule has 1 aromatic heterocycles. The van der Waals surface area contributed by atoms with Gasteiger partial charge in [0.1, 0.15) is 31.9 Å². The first kappa shape index (κ1) is 19.7. The number of amides is 2. The summed E-state index contributed by atoms with van der Waals surface area (Å²) in [5.41, 5.74) is 1.27. The Morgan fingerprint density at radius 1 is 1.21 bits per heavy atom. The molecule has 7 nitrogen and oxygen atoms in total. The van der Waals surface area contributed by atoms with E-state index >= 15 is 0 Å². The summed E-state index contributed by atoms with van der Waals surface area (Å²) in [5, 5.41) is 0.542. The molecule has 4 rings (SSSR count). The Hall–Kier alpha value is -2.64. The predicted octanol–water partition coefficient (Wildman–Crippen LogP) is 0.508. The number of benzene rings is 1.